The van der Waals surface area contributed by atoms with E-state index in [1.54, 1.807) is 0 Å². The molecule has 1 atom stereocenters. The number of nitrogens with zero attached hydrogens (tertiary/aromatic N) is 2. The fraction of sp³-hybridized carbons (Fsp3) is 0.875. The quantitative estimate of drug-likeness (QED) is 0.439. The van der Waals surface area contributed by atoms with E-state index in [0.29, 0.717) is 19.5 Å². The minimum absolute atomic E-state index is 0. The molecule has 0 aromatic carbocycles. The Kier molecular flexibility index (Phi) is 6.38. The van der Waals surface area contributed by atoms with Gasteiger partial charge in [0, 0.05) is 26.2 Å². The maximum atomic E-state index is 12.1. The predicted octanol–water partition coefficient (Wildman–Crippen LogP) is 0.775. The summed E-state index contributed by atoms with van der Waals surface area (Å²) in [4.78, 5) is 5.06. The Morgan fingerprint density at radius 1 is 1.56 bits per heavy atom. The van der Waals surface area contributed by atoms with Gasteiger partial charge in [0.25, 0.3) is 0 Å². The topological polar surface area (TPSA) is 53.6 Å². The van der Waals surface area contributed by atoms with Crippen molar-refractivity contribution in [2.45, 2.75) is 18.6 Å². The van der Waals surface area contributed by atoms with Crippen molar-refractivity contribution < 1.29 is 13.2 Å². The lowest BCUT2D eigenvalue weighted by Crippen LogP contribution is -2.42. The number of nitrogens with two attached hydrogens (primary N) is 1. The normalized spacial score (nSPS) is 23.0. The molecule has 1 saturated heterocycles. The molecular formula is C8H16F3IN4. The fourth-order valence-corrected chi connectivity index (χ4v) is 1.62. The average molecular weight is 352 g/mol. The standard InChI is InChI=1S/C8H15F3N4.HI/c1-13-7(12)14-6-2-3-15(4-6)5-8(9,10)11;/h6H,2-5H2,1H3,(H3,12,13,14);1H. The van der Waals surface area contributed by atoms with Crippen molar-refractivity contribution in [3.05, 3.63) is 0 Å². The van der Waals surface area contributed by atoms with E-state index >= 15 is 0 Å². The number of rotatable bonds is 2. The first-order chi connectivity index (χ1) is 6.90. The van der Waals surface area contributed by atoms with E-state index in [1.807, 2.05) is 0 Å². The van der Waals surface area contributed by atoms with Crippen LogP contribution in [0.15, 0.2) is 4.99 Å². The number of hydrogen-bond acceptors (Lipinski definition) is 2. The highest BCUT2D eigenvalue weighted by atomic mass is 127. The Morgan fingerprint density at radius 2 is 2.19 bits per heavy atom. The van der Waals surface area contributed by atoms with Gasteiger partial charge in [0.2, 0.25) is 0 Å². The highest BCUT2D eigenvalue weighted by Gasteiger charge is 2.34. The summed E-state index contributed by atoms with van der Waals surface area (Å²) in [7, 11) is 1.53. The third-order valence-corrected chi connectivity index (χ3v) is 2.27. The number of likely N-dealkylation sites (tertiary alicyclic amines) is 1. The summed E-state index contributed by atoms with van der Waals surface area (Å²) in [6.45, 7) is -0.0573. The number of halogens is 4. The Morgan fingerprint density at radius 3 is 2.69 bits per heavy atom. The molecule has 1 unspecified atom stereocenters. The second-order valence-electron chi connectivity index (χ2n) is 3.59. The molecule has 1 aliphatic rings. The molecule has 4 nitrogen and oxygen atoms in total. The summed E-state index contributed by atoms with van der Waals surface area (Å²) in [5.74, 6) is 0.272. The lowest BCUT2D eigenvalue weighted by atomic mass is 10.3. The maximum Gasteiger partial charge on any atom is 0.401 e. The van der Waals surface area contributed by atoms with Crippen molar-refractivity contribution >= 4 is 29.9 Å². The van der Waals surface area contributed by atoms with Crippen LogP contribution in [-0.2, 0) is 0 Å². The number of alkyl halides is 3. The lowest BCUT2D eigenvalue weighted by molar-refractivity contribution is -0.143. The molecule has 0 aromatic heterocycles. The molecule has 0 aromatic rings. The second kappa shape index (κ2) is 6.48. The highest BCUT2D eigenvalue weighted by molar-refractivity contribution is 14.0. The first-order valence-corrected chi connectivity index (χ1v) is 4.68. The van der Waals surface area contributed by atoms with Gasteiger partial charge in [-0.15, -0.1) is 24.0 Å². The van der Waals surface area contributed by atoms with Crippen molar-refractivity contribution in [1.82, 2.24) is 10.2 Å². The van der Waals surface area contributed by atoms with Crippen LogP contribution >= 0.6 is 24.0 Å². The minimum atomic E-state index is -4.13. The van der Waals surface area contributed by atoms with Crippen LogP contribution in [0.1, 0.15) is 6.42 Å². The van der Waals surface area contributed by atoms with Crippen LogP contribution in [0.5, 0.6) is 0 Å². The van der Waals surface area contributed by atoms with Crippen LogP contribution in [-0.4, -0.2) is 49.8 Å². The third-order valence-electron chi connectivity index (χ3n) is 2.27. The van der Waals surface area contributed by atoms with Crippen LogP contribution in [0, 0.1) is 0 Å². The minimum Gasteiger partial charge on any atom is -0.370 e. The van der Waals surface area contributed by atoms with Gasteiger partial charge in [-0.25, -0.2) is 0 Å². The number of aliphatic imine (C=N–C) groups is 1. The van der Waals surface area contributed by atoms with Gasteiger partial charge in [-0.2, -0.15) is 13.2 Å². The fourth-order valence-electron chi connectivity index (χ4n) is 1.62. The monoisotopic (exact) mass is 352 g/mol. The van der Waals surface area contributed by atoms with Crippen LogP contribution in [0.4, 0.5) is 13.2 Å². The predicted molar refractivity (Wildman–Crippen MR) is 67.0 cm³/mol. The molecule has 1 heterocycles. The van der Waals surface area contributed by atoms with E-state index in [4.69, 9.17) is 5.73 Å². The first kappa shape index (κ1) is 15.8. The summed E-state index contributed by atoms with van der Waals surface area (Å²) in [5, 5.41) is 2.86. The zero-order chi connectivity index (χ0) is 11.5. The van der Waals surface area contributed by atoms with E-state index in [2.05, 4.69) is 10.3 Å². The van der Waals surface area contributed by atoms with Crippen molar-refractivity contribution in [2.75, 3.05) is 26.7 Å². The summed E-state index contributed by atoms with van der Waals surface area (Å²) in [6.07, 6.45) is -3.47. The van der Waals surface area contributed by atoms with E-state index < -0.39 is 12.7 Å². The highest BCUT2D eigenvalue weighted by Crippen LogP contribution is 2.19. The van der Waals surface area contributed by atoms with E-state index in [9.17, 15) is 13.2 Å². The molecule has 1 rings (SSSR count). The van der Waals surface area contributed by atoms with E-state index in [0.717, 1.165) is 0 Å². The van der Waals surface area contributed by atoms with Gasteiger partial charge in [0.1, 0.15) is 0 Å². The summed E-state index contributed by atoms with van der Waals surface area (Å²) in [6, 6.07) is -0.0314. The first-order valence-electron chi connectivity index (χ1n) is 4.68. The van der Waals surface area contributed by atoms with Gasteiger partial charge in [0.05, 0.1) is 6.54 Å². The molecule has 8 heteroatoms. The summed E-state index contributed by atoms with van der Waals surface area (Å²) < 4.78 is 36.2. The van der Waals surface area contributed by atoms with Crippen molar-refractivity contribution in [1.29, 1.82) is 0 Å². The number of nitrogens with one attached hydrogen (secondary N) is 1. The molecule has 0 aliphatic carbocycles. The summed E-state index contributed by atoms with van der Waals surface area (Å²) >= 11 is 0. The SMILES string of the molecule is CN=C(N)NC1CCN(CC(F)(F)F)C1.I. The molecule has 0 amide bonds. The van der Waals surface area contributed by atoms with Crippen LogP contribution in [0.3, 0.4) is 0 Å². The maximum absolute atomic E-state index is 12.1. The van der Waals surface area contributed by atoms with Crippen LogP contribution in [0.25, 0.3) is 0 Å². The molecule has 1 aliphatic heterocycles. The Hall–Kier alpha value is -0.250. The van der Waals surface area contributed by atoms with Gasteiger partial charge < -0.3 is 11.1 Å². The van der Waals surface area contributed by atoms with Crippen molar-refractivity contribution in [2.24, 2.45) is 10.7 Å². The molecule has 0 spiro atoms. The zero-order valence-corrected chi connectivity index (χ0v) is 11.3. The Balaban J connectivity index is 0.00000225. The molecule has 0 saturated carbocycles. The molecule has 96 valence electrons. The van der Waals surface area contributed by atoms with Gasteiger partial charge >= 0.3 is 6.18 Å². The molecular weight excluding hydrogens is 336 g/mol. The lowest BCUT2D eigenvalue weighted by Gasteiger charge is -2.18. The number of hydrogen-bond donors (Lipinski definition) is 2. The zero-order valence-electron chi connectivity index (χ0n) is 8.92. The molecule has 1 fully saturated rings. The molecule has 0 bridgehead atoms. The smallest absolute Gasteiger partial charge is 0.370 e. The van der Waals surface area contributed by atoms with E-state index in [-0.39, 0.29) is 36.0 Å². The number of guanidine groups is 1. The average Bonchev–Trinajstić information content (AvgIpc) is 2.49. The molecule has 0 radical (unpaired) electrons. The van der Waals surface area contributed by atoms with Gasteiger partial charge in [0.15, 0.2) is 5.96 Å². The van der Waals surface area contributed by atoms with Crippen LogP contribution in [0.2, 0.25) is 0 Å². The largest absolute Gasteiger partial charge is 0.401 e. The third kappa shape index (κ3) is 5.73. The summed E-state index contributed by atoms with van der Waals surface area (Å²) in [5.41, 5.74) is 5.42. The second-order valence-corrected chi connectivity index (χ2v) is 3.59. The van der Waals surface area contributed by atoms with Crippen molar-refractivity contribution in [3.8, 4) is 0 Å². The van der Waals surface area contributed by atoms with Gasteiger partial charge in [-0.1, -0.05) is 0 Å². The Bertz CT molecular complexity index is 244. The molecule has 3 N–H and O–H groups in total. The van der Waals surface area contributed by atoms with Crippen molar-refractivity contribution in [3.63, 3.8) is 0 Å². The van der Waals surface area contributed by atoms with Crippen LogP contribution < -0.4 is 11.1 Å². The van der Waals surface area contributed by atoms with Gasteiger partial charge in [-0.05, 0) is 6.42 Å². The Labute approximate surface area is 109 Å². The van der Waals surface area contributed by atoms with E-state index in [1.165, 1.54) is 11.9 Å². The van der Waals surface area contributed by atoms with Gasteiger partial charge in [-0.3, -0.25) is 9.89 Å². The molecule has 16 heavy (non-hydrogen) atoms.